The van der Waals surface area contributed by atoms with Crippen LogP contribution in [-0.4, -0.2) is 13.2 Å². The van der Waals surface area contributed by atoms with Crippen LogP contribution in [0, 0.1) is 0 Å². The zero-order valence-electron chi connectivity index (χ0n) is 11.0. The summed E-state index contributed by atoms with van der Waals surface area (Å²) < 4.78 is 11.1. The second-order valence-corrected chi connectivity index (χ2v) is 3.98. The summed E-state index contributed by atoms with van der Waals surface area (Å²) >= 11 is 0. The molecule has 2 aromatic rings. The average molecular weight is 317 g/mol. The van der Waals surface area contributed by atoms with Gasteiger partial charge >= 0.3 is 0 Å². The Morgan fingerprint density at radius 1 is 0.600 bits per heavy atom. The summed E-state index contributed by atoms with van der Waals surface area (Å²) in [5.41, 5.74) is 9.60. The molecular formula is C14H18Cl2N2O2. The Kier molecular flexibility index (Phi) is 8.76. The van der Waals surface area contributed by atoms with Crippen LogP contribution in [0.15, 0.2) is 48.5 Å². The number of rotatable bonds is 5. The minimum atomic E-state index is 0. The van der Waals surface area contributed by atoms with E-state index < -0.39 is 0 Å². The van der Waals surface area contributed by atoms with Crippen molar-refractivity contribution in [1.29, 1.82) is 0 Å². The Labute approximate surface area is 130 Å². The first kappa shape index (κ1) is 18.5. The van der Waals surface area contributed by atoms with Crippen LogP contribution in [0.4, 0.5) is 11.4 Å². The van der Waals surface area contributed by atoms with Crippen LogP contribution in [-0.2, 0) is 0 Å². The molecule has 0 spiro atoms. The first-order valence-corrected chi connectivity index (χ1v) is 5.84. The lowest BCUT2D eigenvalue weighted by molar-refractivity contribution is -0.255. The molecule has 0 aliphatic carbocycles. The van der Waals surface area contributed by atoms with Crippen LogP contribution in [0.3, 0.4) is 0 Å². The molecule has 0 saturated carbocycles. The summed E-state index contributed by atoms with van der Waals surface area (Å²) in [5, 5.41) is 0. The second kappa shape index (κ2) is 9.44. The molecule has 0 unspecified atom stereocenters. The predicted molar refractivity (Wildman–Crippen MR) is 69.0 cm³/mol. The van der Waals surface area contributed by atoms with Crippen LogP contribution in [0.2, 0.25) is 0 Å². The minimum absolute atomic E-state index is 0. The van der Waals surface area contributed by atoms with Gasteiger partial charge in [0, 0.05) is 24.3 Å². The first-order valence-electron chi connectivity index (χ1n) is 5.84. The summed E-state index contributed by atoms with van der Waals surface area (Å²) in [7, 11) is 0. The molecule has 4 nitrogen and oxygen atoms in total. The minimum Gasteiger partial charge on any atom is -1.00 e. The van der Waals surface area contributed by atoms with Gasteiger partial charge in [0.15, 0.2) is 0 Å². The van der Waals surface area contributed by atoms with Gasteiger partial charge in [-0.15, -0.1) is 0 Å². The highest BCUT2D eigenvalue weighted by Gasteiger charge is 1.97. The van der Waals surface area contributed by atoms with Crippen molar-refractivity contribution in [3.63, 3.8) is 0 Å². The van der Waals surface area contributed by atoms with E-state index >= 15 is 0 Å². The number of halogens is 2. The average Bonchev–Trinajstić information content (AvgIpc) is 2.39. The molecule has 0 amide bonds. The van der Waals surface area contributed by atoms with Crippen molar-refractivity contribution in [2.24, 2.45) is 0 Å². The molecular weight excluding hydrogens is 299 g/mol. The van der Waals surface area contributed by atoms with Crippen molar-refractivity contribution in [2.75, 3.05) is 13.2 Å². The fourth-order valence-corrected chi connectivity index (χ4v) is 1.49. The molecule has 0 heterocycles. The van der Waals surface area contributed by atoms with Gasteiger partial charge in [0.05, 0.1) is 0 Å². The van der Waals surface area contributed by atoms with Crippen molar-refractivity contribution in [3.8, 4) is 11.5 Å². The van der Waals surface area contributed by atoms with E-state index in [1.54, 1.807) is 0 Å². The van der Waals surface area contributed by atoms with Crippen LogP contribution in [0.25, 0.3) is 0 Å². The normalized spacial score (nSPS) is 9.10. The summed E-state index contributed by atoms with van der Waals surface area (Å²) in [5.74, 6) is 1.67. The zero-order chi connectivity index (χ0) is 12.8. The number of hydrogen-bond acceptors (Lipinski definition) is 2. The smallest absolute Gasteiger partial charge is 0.128 e. The Hall–Kier alpha value is -1.46. The van der Waals surface area contributed by atoms with Gasteiger partial charge in [-0.05, 0) is 24.3 Å². The standard InChI is InChI=1S/C14H16N2O2.2ClH/c15-11-1-5-13(6-2-11)17-9-10-18-14-7-3-12(16)4-8-14;;/h1-8H,9-10,15-16H2;2*1H. The Morgan fingerprint density at radius 3 is 1.20 bits per heavy atom. The number of hydrogen-bond donors (Lipinski definition) is 2. The number of ether oxygens (including phenoxy) is 2. The molecule has 0 radical (unpaired) electrons. The lowest BCUT2D eigenvalue weighted by Gasteiger charge is -2.08. The second-order valence-electron chi connectivity index (χ2n) is 3.98. The largest absolute Gasteiger partial charge is 1.00 e. The van der Waals surface area contributed by atoms with Gasteiger partial charge in [0.2, 0.25) is 0 Å². The molecule has 0 atom stereocenters. The summed E-state index contributed by atoms with van der Waals surface area (Å²) in [4.78, 5) is 0. The summed E-state index contributed by atoms with van der Waals surface area (Å²) in [6, 6.07) is 15.3. The van der Waals surface area contributed by atoms with E-state index in [1.807, 2.05) is 48.5 Å². The fraction of sp³-hybridized carbons (Fsp3) is 0.143. The molecule has 2 rings (SSSR count). The van der Waals surface area contributed by atoms with Crippen LogP contribution >= 0.6 is 0 Å². The molecule has 0 bridgehead atoms. The van der Waals surface area contributed by atoms with Gasteiger partial charge in [-0.25, -0.2) is 0 Å². The Bertz CT molecular complexity index is 442. The van der Waals surface area contributed by atoms with Gasteiger partial charge in [-0.3, -0.25) is 0 Å². The lowest BCUT2D eigenvalue weighted by Crippen LogP contribution is -3.00. The molecule has 0 aliphatic rings. The van der Waals surface area contributed by atoms with Gasteiger partial charge < -0.3 is 45.8 Å². The topological polar surface area (TPSA) is 73.7 Å². The van der Waals surface area contributed by atoms with Crippen molar-refractivity contribution in [3.05, 3.63) is 48.5 Å². The van der Waals surface area contributed by atoms with E-state index in [1.165, 1.54) is 0 Å². The molecule has 0 aromatic heterocycles. The highest BCUT2D eigenvalue weighted by molar-refractivity contribution is 5.35. The quantitative estimate of drug-likeness (QED) is 0.542. The van der Waals surface area contributed by atoms with Crippen LogP contribution in [0.5, 0.6) is 11.5 Å². The van der Waals surface area contributed by atoms with Crippen molar-refractivity contribution >= 4 is 11.4 Å². The maximum Gasteiger partial charge on any atom is 0.128 e. The molecule has 20 heavy (non-hydrogen) atoms. The maximum atomic E-state index is 5.54. The van der Waals surface area contributed by atoms with E-state index in [9.17, 15) is 0 Å². The van der Waals surface area contributed by atoms with Gasteiger partial charge in [-0.1, -0.05) is 0 Å². The van der Waals surface area contributed by atoms with Gasteiger partial charge in [-0.2, -0.15) is 0 Å². The Morgan fingerprint density at radius 2 is 0.900 bits per heavy atom. The fourth-order valence-electron chi connectivity index (χ4n) is 1.49. The molecule has 0 aliphatic heterocycles. The maximum absolute atomic E-state index is 5.54. The van der Waals surface area contributed by atoms with E-state index in [4.69, 9.17) is 9.47 Å². The molecule has 0 saturated heterocycles. The molecule has 110 valence electrons. The van der Waals surface area contributed by atoms with Crippen LogP contribution in [0.1, 0.15) is 0 Å². The van der Waals surface area contributed by atoms with Gasteiger partial charge in [0.1, 0.15) is 36.1 Å². The molecule has 2 aromatic carbocycles. The van der Waals surface area contributed by atoms with Crippen molar-refractivity contribution in [2.45, 2.75) is 0 Å². The predicted octanol–water partition coefficient (Wildman–Crippen LogP) is -5.10. The highest BCUT2D eigenvalue weighted by atomic mass is 35.5. The summed E-state index contributed by atoms with van der Waals surface area (Å²) in [6.45, 7) is 1.03. The van der Waals surface area contributed by atoms with Crippen molar-refractivity contribution in [1.82, 2.24) is 0 Å². The third kappa shape index (κ3) is 6.12. The number of benzene rings is 2. The van der Waals surface area contributed by atoms with Crippen LogP contribution < -0.4 is 45.8 Å². The molecule has 6 heteroatoms. The first-order chi connectivity index (χ1) is 8.74. The summed E-state index contributed by atoms with van der Waals surface area (Å²) in [6.07, 6.45) is 0. The van der Waals surface area contributed by atoms with Gasteiger partial charge in [0.25, 0.3) is 0 Å². The van der Waals surface area contributed by atoms with Crippen molar-refractivity contribution < 1.29 is 45.8 Å². The molecule has 0 fully saturated rings. The van der Waals surface area contributed by atoms with E-state index in [2.05, 4.69) is 11.5 Å². The monoisotopic (exact) mass is 316 g/mol. The third-order valence-corrected chi connectivity index (χ3v) is 2.47. The third-order valence-electron chi connectivity index (χ3n) is 2.47. The van der Waals surface area contributed by atoms with E-state index in [-0.39, 0.29) is 24.8 Å². The molecule has 6 N–H and O–H groups in total. The lowest BCUT2D eigenvalue weighted by atomic mass is 10.3. The Balaban J connectivity index is 0.00000180. The van der Waals surface area contributed by atoms with E-state index in [0.717, 1.165) is 22.9 Å². The zero-order valence-corrected chi connectivity index (χ0v) is 12.5. The number of quaternary nitrogens is 2. The SMILES string of the molecule is [Cl-].[Cl-].[NH3+]c1ccc(OCCOc2ccc([NH3+])cc2)cc1. The highest BCUT2D eigenvalue weighted by Crippen LogP contribution is 2.13. The van der Waals surface area contributed by atoms with E-state index in [0.29, 0.717) is 13.2 Å².